The summed E-state index contributed by atoms with van der Waals surface area (Å²) in [7, 11) is 0. The molecule has 0 saturated carbocycles. The van der Waals surface area contributed by atoms with Crippen molar-refractivity contribution in [2.75, 3.05) is 13.1 Å². The predicted molar refractivity (Wildman–Crippen MR) is 101 cm³/mol. The molecule has 3 heteroatoms. The second kappa shape index (κ2) is 5.76. The van der Waals surface area contributed by atoms with Gasteiger partial charge in [-0.3, -0.25) is 4.90 Å². The van der Waals surface area contributed by atoms with Crippen molar-refractivity contribution in [3.8, 4) is 11.1 Å². The summed E-state index contributed by atoms with van der Waals surface area (Å²) in [6.07, 6.45) is -2.75. The number of aliphatic hydroxyl groups excluding tert-OH is 1. The maximum absolute atomic E-state index is 14.6. The van der Waals surface area contributed by atoms with Gasteiger partial charge in [-0.1, -0.05) is 78.9 Å². The number of aliphatic hydroxyl groups is 1. The van der Waals surface area contributed by atoms with Gasteiger partial charge in [0.05, 0.1) is 11.6 Å². The summed E-state index contributed by atoms with van der Waals surface area (Å²) in [5.41, 5.74) is 4.47. The Hall–Kier alpha value is -2.49. The monoisotopic (exact) mass is 346 g/mol. The topological polar surface area (TPSA) is 23.5 Å². The van der Waals surface area contributed by atoms with Gasteiger partial charge in [-0.25, -0.2) is 4.39 Å². The summed E-state index contributed by atoms with van der Waals surface area (Å²) in [6, 6.07) is 26.2. The van der Waals surface area contributed by atoms with Crippen molar-refractivity contribution >= 4 is 0 Å². The number of likely N-dealkylation sites (tertiary alicyclic amines) is 1. The van der Waals surface area contributed by atoms with Crippen LogP contribution in [-0.4, -0.2) is 35.3 Å². The van der Waals surface area contributed by atoms with Crippen LogP contribution in [0, 0.1) is 0 Å². The quantitative estimate of drug-likeness (QED) is 0.759. The summed E-state index contributed by atoms with van der Waals surface area (Å²) in [4.78, 5) is 1.82. The molecule has 1 heterocycles. The lowest BCUT2D eigenvalue weighted by atomic mass is 9.79. The fraction of sp³-hybridized carbons (Fsp3) is 0.217. The van der Waals surface area contributed by atoms with Crippen LogP contribution in [0.15, 0.2) is 78.9 Å². The lowest BCUT2D eigenvalue weighted by Gasteiger charge is -2.41. The summed E-state index contributed by atoms with van der Waals surface area (Å²) in [5.74, 6) is 0. The van der Waals surface area contributed by atoms with Crippen LogP contribution in [0.1, 0.15) is 18.1 Å². The Morgan fingerprint density at radius 3 is 1.96 bits per heavy atom. The molecule has 0 radical (unpaired) electrons. The van der Waals surface area contributed by atoms with Gasteiger partial charge >= 0.3 is 0 Å². The fourth-order valence-electron chi connectivity index (χ4n) is 4.56. The molecule has 2 aliphatic rings. The minimum Gasteiger partial charge on any atom is -0.389 e. The number of fused-ring (bicyclic) bond motifs is 3. The first-order chi connectivity index (χ1) is 13.2. The Morgan fingerprint density at radius 2 is 1.42 bits per heavy atom. The molecule has 0 unspecified atom stereocenters. The van der Waals surface area contributed by atoms with E-state index in [2.05, 4.69) is 24.3 Å². The third-order valence-electron chi connectivity index (χ3n) is 5.62. The van der Waals surface area contributed by atoms with E-state index in [1.54, 1.807) is 0 Å². The molecule has 0 amide bonds. The highest BCUT2D eigenvalue weighted by molar-refractivity contribution is 5.83. The van der Waals surface area contributed by atoms with E-state index in [-0.39, 0.29) is 6.54 Å². The van der Waals surface area contributed by atoms with Crippen LogP contribution in [0.5, 0.6) is 0 Å². The molecule has 130 valence electrons. The SMILES string of the molecule is [2H][C@@H]1[C@H](F)[C@@H](O)CN1C1(c2ccccc2)c2ccccc2-c2ccccc21. The Morgan fingerprint density at radius 1 is 0.885 bits per heavy atom. The molecule has 0 spiro atoms. The van der Waals surface area contributed by atoms with Gasteiger partial charge in [0.15, 0.2) is 0 Å². The Kier molecular flexibility index (Phi) is 3.25. The number of hydrogen-bond donors (Lipinski definition) is 1. The standard InChI is InChI=1S/C23H20FNO/c24-21-14-25(15-22(21)26)23(16-8-2-1-3-9-16)19-12-6-4-10-17(19)18-11-5-7-13-20(18)23/h1-13,21-22,26H,14-15H2/t21-,22-/m0/s1/i14D/t14-,21+,22+/m1. The molecule has 3 aromatic rings. The number of benzene rings is 3. The van der Waals surface area contributed by atoms with E-state index in [9.17, 15) is 9.50 Å². The number of alkyl halides is 1. The number of β-amino-alcohol motifs (C(OH)–C–C–N with tert-alkyl or cyclic N) is 1. The molecule has 0 bridgehead atoms. The molecule has 3 aromatic carbocycles. The van der Waals surface area contributed by atoms with E-state index in [0.717, 1.165) is 27.8 Å². The highest BCUT2D eigenvalue weighted by Crippen LogP contribution is 2.54. The van der Waals surface area contributed by atoms with Crippen LogP contribution in [0.3, 0.4) is 0 Å². The van der Waals surface area contributed by atoms with Crippen molar-refractivity contribution in [1.29, 1.82) is 0 Å². The van der Waals surface area contributed by atoms with Crippen molar-refractivity contribution in [2.24, 2.45) is 0 Å². The van der Waals surface area contributed by atoms with Crippen molar-refractivity contribution in [2.45, 2.75) is 17.8 Å². The zero-order chi connectivity index (χ0) is 18.6. The highest BCUT2D eigenvalue weighted by atomic mass is 19.1. The van der Waals surface area contributed by atoms with Gasteiger partial charge < -0.3 is 5.11 Å². The first kappa shape index (κ1) is 14.7. The Balaban J connectivity index is 1.88. The molecule has 26 heavy (non-hydrogen) atoms. The number of rotatable bonds is 2. The summed E-state index contributed by atoms with van der Waals surface area (Å²) in [6.45, 7) is -1.02. The molecule has 1 aliphatic carbocycles. The number of nitrogens with zero attached hydrogens (tertiary/aromatic N) is 1. The third-order valence-corrected chi connectivity index (χ3v) is 5.62. The van der Waals surface area contributed by atoms with E-state index >= 15 is 0 Å². The summed E-state index contributed by atoms with van der Waals surface area (Å²) in [5, 5.41) is 10.2. The van der Waals surface area contributed by atoms with Crippen molar-refractivity contribution in [1.82, 2.24) is 4.90 Å². The Bertz CT molecular complexity index is 947. The van der Waals surface area contributed by atoms with E-state index in [1.165, 1.54) is 0 Å². The molecule has 1 fully saturated rings. The molecular weight excluding hydrogens is 325 g/mol. The largest absolute Gasteiger partial charge is 0.389 e. The lowest BCUT2D eigenvalue weighted by molar-refractivity contribution is 0.112. The maximum atomic E-state index is 14.6. The molecule has 1 aliphatic heterocycles. The zero-order valence-corrected chi connectivity index (χ0v) is 14.2. The van der Waals surface area contributed by atoms with Crippen molar-refractivity contribution in [3.05, 3.63) is 95.6 Å². The molecule has 0 aromatic heterocycles. The molecule has 3 atom stereocenters. The van der Waals surface area contributed by atoms with Crippen LogP contribution < -0.4 is 0 Å². The van der Waals surface area contributed by atoms with E-state index in [4.69, 9.17) is 1.37 Å². The van der Waals surface area contributed by atoms with Crippen LogP contribution >= 0.6 is 0 Å². The third kappa shape index (κ3) is 1.99. The smallest absolute Gasteiger partial charge is 0.140 e. The van der Waals surface area contributed by atoms with E-state index < -0.39 is 24.3 Å². The molecular formula is C23H20FNO. The molecule has 1 N–H and O–H groups in total. The van der Waals surface area contributed by atoms with Gasteiger partial charge in [0.2, 0.25) is 0 Å². The fourth-order valence-corrected chi connectivity index (χ4v) is 4.56. The van der Waals surface area contributed by atoms with Gasteiger partial charge in [0.1, 0.15) is 6.17 Å². The van der Waals surface area contributed by atoms with Crippen LogP contribution in [0.25, 0.3) is 11.1 Å². The van der Waals surface area contributed by atoms with Gasteiger partial charge in [0.25, 0.3) is 0 Å². The van der Waals surface area contributed by atoms with Gasteiger partial charge in [-0.15, -0.1) is 0 Å². The van der Waals surface area contributed by atoms with E-state index in [0.29, 0.717) is 0 Å². The average Bonchev–Trinajstić information content (AvgIpc) is 3.16. The van der Waals surface area contributed by atoms with Crippen LogP contribution in [0.2, 0.25) is 0 Å². The van der Waals surface area contributed by atoms with Gasteiger partial charge in [-0.2, -0.15) is 0 Å². The summed E-state index contributed by atoms with van der Waals surface area (Å²) >= 11 is 0. The maximum Gasteiger partial charge on any atom is 0.140 e. The molecule has 2 nitrogen and oxygen atoms in total. The van der Waals surface area contributed by atoms with E-state index in [1.807, 2.05) is 59.5 Å². The average molecular weight is 346 g/mol. The highest BCUT2D eigenvalue weighted by Gasteiger charge is 2.52. The van der Waals surface area contributed by atoms with Gasteiger partial charge in [-0.05, 0) is 27.8 Å². The normalized spacial score (nSPS) is 27.0. The Labute approximate surface area is 153 Å². The number of halogens is 1. The number of hydrogen-bond acceptors (Lipinski definition) is 2. The van der Waals surface area contributed by atoms with Crippen molar-refractivity contribution < 1.29 is 10.9 Å². The predicted octanol–water partition coefficient (Wildman–Crippen LogP) is 3.97. The summed E-state index contributed by atoms with van der Waals surface area (Å²) < 4.78 is 23.1. The van der Waals surface area contributed by atoms with Crippen molar-refractivity contribution in [3.63, 3.8) is 0 Å². The molecule has 5 rings (SSSR count). The first-order valence-electron chi connectivity index (χ1n) is 9.49. The van der Waals surface area contributed by atoms with Crippen LogP contribution in [-0.2, 0) is 5.54 Å². The molecule has 1 saturated heterocycles. The first-order valence-corrected chi connectivity index (χ1v) is 8.91. The minimum atomic E-state index is -1.59. The van der Waals surface area contributed by atoms with Gasteiger partial charge in [0, 0.05) is 14.4 Å². The zero-order valence-electron chi connectivity index (χ0n) is 15.2. The van der Waals surface area contributed by atoms with Crippen LogP contribution in [0.4, 0.5) is 4.39 Å². The minimum absolute atomic E-state index is 0.118. The second-order valence-corrected chi connectivity index (χ2v) is 6.98. The lowest BCUT2D eigenvalue weighted by Crippen LogP contribution is -2.46. The second-order valence-electron chi connectivity index (χ2n) is 6.98.